The minimum absolute atomic E-state index is 0.00272. The van der Waals surface area contributed by atoms with E-state index in [0.29, 0.717) is 36.6 Å². The predicted molar refractivity (Wildman–Crippen MR) is 154 cm³/mol. The number of nitrogens with zero attached hydrogens (tertiary/aromatic N) is 10. The third kappa shape index (κ3) is 5.62. The third-order valence-electron chi connectivity index (χ3n) is 7.63. The van der Waals surface area contributed by atoms with Crippen molar-refractivity contribution < 1.29 is 9.18 Å². The lowest BCUT2D eigenvalue weighted by atomic mass is 10.2. The molecular formula is C27H30FN13O. The molecule has 0 radical (unpaired) electrons. The molecule has 0 spiro atoms. The number of rotatable bonds is 8. The summed E-state index contributed by atoms with van der Waals surface area (Å²) in [6, 6.07) is 6.98. The summed E-state index contributed by atoms with van der Waals surface area (Å²) in [6.45, 7) is 2.73. The second-order valence-corrected chi connectivity index (χ2v) is 10.6. The molecule has 216 valence electrons. The molecule has 4 aromatic rings. The molecule has 1 saturated carbocycles. The molecule has 0 aromatic carbocycles. The van der Waals surface area contributed by atoms with Crippen LogP contribution in [0.2, 0.25) is 0 Å². The molecule has 3 N–H and O–H groups in total. The molecule has 2 aliphatic heterocycles. The van der Waals surface area contributed by atoms with Crippen molar-refractivity contribution in [2.24, 2.45) is 0 Å². The van der Waals surface area contributed by atoms with Crippen LogP contribution >= 0.6 is 0 Å². The zero-order chi connectivity index (χ0) is 28.5. The molecule has 0 unspecified atom stereocenters. The average Bonchev–Trinajstić information content (AvgIpc) is 3.65. The van der Waals surface area contributed by atoms with Crippen LogP contribution in [-0.2, 0) is 4.79 Å². The summed E-state index contributed by atoms with van der Waals surface area (Å²) < 4.78 is 14.8. The Morgan fingerprint density at radius 2 is 1.79 bits per heavy atom. The van der Waals surface area contributed by atoms with E-state index in [2.05, 4.69) is 50.6 Å². The van der Waals surface area contributed by atoms with Gasteiger partial charge in [-0.2, -0.15) is 20.1 Å². The van der Waals surface area contributed by atoms with Crippen molar-refractivity contribution in [1.29, 1.82) is 0 Å². The van der Waals surface area contributed by atoms with Gasteiger partial charge in [0.1, 0.15) is 18.0 Å². The van der Waals surface area contributed by atoms with Crippen LogP contribution < -0.4 is 25.3 Å². The van der Waals surface area contributed by atoms with Crippen molar-refractivity contribution in [1.82, 2.24) is 40.1 Å². The van der Waals surface area contributed by atoms with Gasteiger partial charge >= 0.3 is 0 Å². The van der Waals surface area contributed by atoms with Crippen LogP contribution in [0.5, 0.6) is 0 Å². The summed E-state index contributed by atoms with van der Waals surface area (Å²) in [5, 5.41) is 13.4. The number of carbonyl (C=O) groups is 1. The van der Waals surface area contributed by atoms with Crippen molar-refractivity contribution >= 4 is 41.2 Å². The minimum atomic E-state index is -1.23. The fourth-order valence-corrected chi connectivity index (χ4v) is 5.30. The van der Waals surface area contributed by atoms with Crippen molar-refractivity contribution in [3.8, 4) is 0 Å². The van der Waals surface area contributed by atoms with Gasteiger partial charge in [-0.15, -0.1) is 0 Å². The first kappa shape index (κ1) is 26.0. The van der Waals surface area contributed by atoms with Crippen LogP contribution in [0.4, 0.5) is 39.7 Å². The average molecular weight is 572 g/mol. The quantitative estimate of drug-likeness (QED) is 0.284. The van der Waals surface area contributed by atoms with Crippen molar-refractivity contribution in [3.05, 3.63) is 54.7 Å². The number of hydrogen-bond donors (Lipinski definition) is 3. The number of piperazine rings is 1. The number of pyridine rings is 1. The monoisotopic (exact) mass is 571 g/mol. The van der Waals surface area contributed by atoms with Crippen LogP contribution in [0.3, 0.4) is 0 Å². The van der Waals surface area contributed by atoms with E-state index in [0.717, 1.165) is 37.4 Å². The number of halogens is 1. The van der Waals surface area contributed by atoms with E-state index in [4.69, 9.17) is 9.97 Å². The number of H-pyrrole nitrogens is 1. The van der Waals surface area contributed by atoms with Gasteiger partial charge in [0.15, 0.2) is 11.6 Å². The Morgan fingerprint density at radius 3 is 2.55 bits per heavy atom. The maximum Gasteiger partial charge on any atom is 0.248 e. The summed E-state index contributed by atoms with van der Waals surface area (Å²) in [6.07, 6.45) is 7.28. The third-order valence-corrected chi connectivity index (χ3v) is 7.63. The van der Waals surface area contributed by atoms with E-state index in [9.17, 15) is 9.18 Å². The first-order valence-electron chi connectivity index (χ1n) is 14.1. The molecule has 7 rings (SSSR count). The van der Waals surface area contributed by atoms with Crippen LogP contribution in [0.1, 0.15) is 30.9 Å². The van der Waals surface area contributed by atoms with Crippen LogP contribution in [0.15, 0.2) is 49.1 Å². The summed E-state index contributed by atoms with van der Waals surface area (Å²) in [5.74, 6) is 2.82. The zero-order valence-corrected chi connectivity index (χ0v) is 22.8. The molecular weight excluding hydrogens is 541 g/mol. The molecule has 3 aliphatic rings. The summed E-state index contributed by atoms with van der Waals surface area (Å²) in [5.41, 5.74) is 1.07. The largest absolute Gasteiger partial charge is 0.353 e. The van der Waals surface area contributed by atoms with E-state index in [1.165, 1.54) is 18.6 Å². The van der Waals surface area contributed by atoms with E-state index < -0.39 is 18.1 Å². The van der Waals surface area contributed by atoms with E-state index in [-0.39, 0.29) is 24.9 Å². The molecule has 2 saturated heterocycles. The maximum absolute atomic E-state index is 14.8. The van der Waals surface area contributed by atoms with E-state index >= 15 is 0 Å². The van der Waals surface area contributed by atoms with Crippen LogP contribution in [0, 0.1) is 0 Å². The van der Waals surface area contributed by atoms with Crippen molar-refractivity contribution in [3.63, 3.8) is 0 Å². The lowest BCUT2D eigenvalue weighted by Gasteiger charge is -2.35. The highest BCUT2D eigenvalue weighted by Crippen LogP contribution is 2.39. The molecule has 15 heteroatoms. The van der Waals surface area contributed by atoms with Crippen molar-refractivity contribution in [2.75, 3.05) is 58.1 Å². The molecule has 14 nitrogen and oxygen atoms in total. The normalized spacial score (nSPS) is 20.5. The number of aromatic nitrogens is 8. The molecule has 4 aromatic heterocycles. The molecule has 1 aliphatic carbocycles. The van der Waals surface area contributed by atoms with Gasteiger partial charge in [0.05, 0.1) is 12.7 Å². The Bertz CT molecular complexity index is 1530. The Hall–Kier alpha value is -4.95. The highest BCUT2D eigenvalue weighted by Gasteiger charge is 2.39. The standard InChI is InChI=1S/C27H30FN13O/c28-18-13-20(24(42)32-22-15-29-7-8-30-22)41(16-18)27-35-25(33-21-14-19(37-38-21)17-4-5-17)34-26(36-27)40-11-9-39(10-12-40)23-3-1-2-6-31-23/h1-3,6-8,14-15,17-18,20H,4-5,9-13,16H2,(H,30,32,42)(H2,33,34,35,36,37,38)/t18-,20+/m1/s1. The smallest absolute Gasteiger partial charge is 0.248 e. The number of carbonyl (C=O) groups excluding carboxylic acids is 1. The number of amides is 1. The van der Waals surface area contributed by atoms with Crippen LogP contribution in [-0.4, -0.2) is 90.9 Å². The van der Waals surface area contributed by atoms with E-state index in [1.54, 1.807) is 11.1 Å². The Morgan fingerprint density at radius 1 is 0.952 bits per heavy atom. The summed E-state index contributed by atoms with van der Waals surface area (Å²) in [4.78, 5) is 45.8. The van der Waals surface area contributed by atoms with Gasteiger partial charge in [-0.1, -0.05) is 6.07 Å². The zero-order valence-electron chi connectivity index (χ0n) is 22.8. The Labute approximate surface area is 240 Å². The first-order valence-corrected chi connectivity index (χ1v) is 14.1. The van der Waals surface area contributed by atoms with Gasteiger partial charge in [-0.25, -0.2) is 14.4 Å². The Kier molecular flexibility index (Phi) is 6.89. The Balaban J connectivity index is 1.16. The molecule has 42 heavy (non-hydrogen) atoms. The molecule has 1 amide bonds. The van der Waals surface area contributed by atoms with Gasteiger partial charge in [0.25, 0.3) is 0 Å². The molecule has 2 atom stereocenters. The highest BCUT2D eigenvalue weighted by atomic mass is 19.1. The van der Waals surface area contributed by atoms with Gasteiger partial charge in [0.2, 0.25) is 23.8 Å². The summed E-state index contributed by atoms with van der Waals surface area (Å²) in [7, 11) is 0. The molecule has 3 fully saturated rings. The molecule has 0 bridgehead atoms. The van der Waals surface area contributed by atoms with Gasteiger partial charge in [-0.05, 0) is 25.0 Å². The van der Waals surface area contributed by atoms with Gasteiger partial charge in [-0.3, -0.25) is 14.9 Å². The number of nitrogens with one attached hydrogen (secondary N) is 3. The van der Waals surface area contributed by atoms with Crippen LogP contribution in [0.25, 0.3) is 0 Å². The SMILES string of the molecule is O=C(Nc1cnccn1)[C@@H]1C[C@@H](F)CN1c1nc(Nc2cc(C3CC3)[nH]n2)nc(N2CCN(c3ccccn3)CC2)n1. The summed E-state index contributed by atoms with van der Waals surface area (Å²) >= 11 is 0. The highest BCUT2D eigenvalue weighted by molar-refractivity contribution is 5.96. The molecule has 6 heterocycles. The topological polar surface area (TPSA) is 157 Å². The first-order chi connectivity index (χ1) is 20.6. The van der Waals surface area contributed by atoms with Gasteiger partial charge in [0, 0.05) is 68.9 Å². The predicted octanol–water partition coefficient (Wildman–Crippen LogP) is 2.28. The van der Waals surface area contributed by atoms with Crippen molar-refractivity contribution in [2.45, 2.75) is 37.4 Å². The van der Waals surface area contributed by atoms with Gasteiger partial charge < -0.3 is 25.3 Å². The van der Waals surface area contributed by atoms with E-state index in [1.807, 2.05) is 24.3 Å². The fourth-order valence-electron chi connectivity index (χ4n) is 5.30. The second kappa shape index (κ2) is 11.1. The maximum atomic E-state index is 14.8. The number of anilines is 6. The number of hydrogen-bond acceptors (Lipinski definition) is 12. The number of alkyl halides is 1. The number of aromatic amines is 1. The lowest BCUT2D eigenvalue weighted by Crippen LogP contribution is -2.47. The lowest BCUT2D eigenvalue weighted by molar-refractivity contribution is -0.117. The minimum Gasteiger partial charge on any atom is -0.353 e. The second-order valence-electron chi connectivity index (χ2n) is 10.6. The fraction of sp³-hybridized carbons (Fsp3) is 0.407.